The number of sulfonamides is 1. The summed E-state index contributed by atoms with van der Waals surface area (Å²) in [7, 11) is -3.71. The molecule has 7 heteroatoms. The summed E-state index contributed by atoms with van der Waals surface area (Å²) >= 11 is 0. The van der Waals surface area contributed by atoms with Crippen LogP contribution in [-0.2, 0) is 10.0 Å². The Morgan fingerprint density at radius 2 is 2.10 bits per heavy atom. The first-order valence-corrected chi connectivity index (χ1v) is 7.50. The molecule has 0 atom stereocenters. The van der Waals surface area contributed by atoms with Crippen molar-refractivity contribution in [1.29, 1.82) is 0 Å². The quantitative estimate of drug-likeness (QED) is 0.665. The van der Waals surface area contributed by atoms with E-state index in [0.29, 0.717) is 12.2 Å². The van der Waals surface area contributed by atoms with Gasteiger partial charge in [0.2, 0.25) is 10.0 Å². The van der Waals surface area contributed by atoms with Crippen LogP contribution < -0.4 is 10.0 Å². The van der Waals surface area contributed by atoms with Crippen LogP contribution in [0.15, 0.2) is 35.7 Å². The summed E-state index contributed by atoms with van der Waals surface area (Å²) in [6.45, 7) is 7.29. The summed E-state index contributed by atoms with van der Waals surface area (Å²) in [5, 5.41) is 12.0. The molecule has 1 aromatic rings. The Bertz CT molecular complexity index is 609. The lowest BCUT2D eigenvalue weighted by molar-refractivity contribution is 0.0697. The molecule has 110 valence electrons. The van der Waals surface area contributed by atoms with Crippen LogP contribution >= 0.6 is 0 Å². The van der Waals surface area contributed by atoms with Gasteiger partial charge in [0.1, 0.15) is 0 Å². The predicted octanol–water partition coefficient (Wildman–Crippen LogP) is 1.67. The number of carboxylic acids is 1. The predicted molar refractivity (Wildman–Crippen MR) is 77.5 cm³/mol. The Labute approximate surface area is 118 Å². The number of aromatic carboxylic acids is 1. The van der Waals surface area contributed by atoms with E-state index in [-0.39, 0.29) is 16.5 Å². The van der Waals surface area contributed by atoms with Gasteiger partial charge in [-0.3, -0.25) is 0 Å². The first-order valence-electron chi connectivity index (χ1n) is 6.02. The van der Waals surface area contributed by atoms with Crippen LogP contribution in [-0.4, -0.2) is 32.1 Å². The van der Waals surface area contributed by atoms with Crippen LogP contribution in [0.2, 0.25) is 0 Å². The molecule has 0 aliphatic heterocycles. The number of nitrogens with one attached hydrogen (secondary N) is 2. The lowest BCUT2D eigenvalue weighted by atomic mass is 10.2. The van der Waals surface area contributed by atoms with E-state index in [2.05, 4.69) is 16.6 Å². The van der Waals surface area contributed by atoms with Crippen LogP contribution in [0.4, 0.5) is 5.69 Å². The minimum absolute atomic E-state index is 0.0762. The third-order valence-corrected chi connectivity index (χ3v) is 4.02. The zero-order chi connectivity index (χ0) is 15.3. The summed E-state index contributed by atoms with van der Waals surface area (Å²) < 4.78 is 26.4. The van der Waals surface area contributed by atoms with Crippen molar-refractivity contribution in [2.45, 2.75) is 24.8 Å². The molecule has 0 aliphatic carbocycles. The van der Waals surface area contributed by atoms with Gasteiger partial charge in [0.25, 0.3) is 0 Å². The third-order valence-electron chi connectivity index (χ3n) is 2.36. The highest BCUT2D eigenvalue weighted by Gasteiger charge is 2.19. The third kappa shape index (κ3) is 4.07. The van der Waals surface area contributed by atoms with E-state index in [1.54, 1.807) is 19.9 Å². The number of rotatable bonds is 7. The average Bonchev–Trinajstić information content (AvgIpc) is 2.34. The first kappa shape index (κ1) is 16.2. The molecule has 0 saturated carbocycles. The van der Waals surface area contributed by atoms with Crippen LogP contribution in [0.3, 0.4) is 0 Å². The first-order chi connectivity index (χ1) is 9.27. The van der Waals surface area contributed by atoms with Crippen molar-refractivity contribution in [3.05, 3.63) is 36.4 Å². The Balaban J connectivity index is 3.23. The largest absolute Gasteiger partial charge is 0.478 e. The molecule has 3 N–H and O–H groups in total. The van der Waals surface area contributed by atoms with Gasteiger partial charge in [0.15, 0.2) is 0 Å². The number of carbonyl (C=O) groups is 1. The molecule has 0 saturated heterocycles. The van der Waals surface area contributed by atoms with Gasteiger partial charge in [-0.1, -0.05) is 6.08 Å². The maximum atomic E-state index is 12.0. The SMILES string of the molecule is C=CCNc1ccc(S(=O)(=O)NC(C)C)cc1C(=O)O. The second-order valence-corrected chi connectivity index (χ2v) is 6.17. The van der Waals surface area contributed by atoms with Gasteiger partial charge in [-0.15, -0.1) is 6.58 Å². The molecule has 0 aromatic heterocycles. The summed E-state index contributed by atoms with van der Waals surface area (Å²) in [5.41, 5.74) is 0.249. The van der Waals surface area contributed by atoms with E-state index < -0.39 is 16.0 Å². The molecule has 0 aliphatic rings. The zero-order valence-electron chi connectivity index (χ0n) is 11.4. The molecule has 0 heterocycles. The Kier molecular flexibility index (Phi) is 5.29. The van der Waals surface area contributed by atoms with E-state index in [1.165, 1.54) is 12.1 Å². The molecule has 1 rings (SSSR count). The Hall–Kier alpha value is -1.86. The van der Waals surface area contributed by atoms with Crippen molar-refractivity contribution in [3.8, 4) is 0 Å². The summed E-state index contributed by atoms with van der Waals surface area (Å²) in [6.07, 6.45) is 1.58. The van der Waals surface area contributed by atoms with Crippen LogP contribution in [0.1, 0.15) is 24.2 Å². The zero-order valence-corrected chi connectivity index (χ0v) is 12.2. The topological polar surface area (TPSA) is 95.5 Å². The normalized spacial score (nSPS) is 11.3. The second-order valence-electron chi connectivity index (χ2n) is 4.46. The Morgan fingerprint density at radius 3 is 2.60 bits per heavy atom. The summed E-state index contributed by atoms with van der Waals surface area (Å²) in [5.74, 6) is -1.20. The van der Waals surface area contributed by atoms with Crippen molar-refractivity contribution in [1.82, 2.24) is 4.72 Å². The molecular formula is C13H18N2O4S. The number of hydrogen-bond donors (Lipinski definition) is 3. The maximum absolute atomic E-state index is 12.0. The van der Waals surface area contributed by atoms with Gasteiger partial charge < -0.3 is 10.4 Å². The van der Waals surface area contributed by atoms with E-state index in [9.17, 15) is 13.2 Å². The molecule has 6 nitrogen and oxygen atoms in total. The number of carboxylic acid groups (broad SMARTS) is 1. The van der Waals surface area contributed by atoms with Gasteiger partial charge >= 0.3 is 5.97 Å². The van der Waals surface area contributed by atoms with Crippen LogP contribution in [0.25, 0.3) is 0 Å². The number of hydrogen-bond acceptors (Lipinski definition) is 4. The van der Waals surface area contributed by atoms with Crippen molar-refractivity contribution >= 4 is 21.7 Å². The van der Waals surface area contributed by atoms with Crippen LogP contribution in [0.5, 0.6) is 0 Å². The van der Waals surface area contributed by atoms with Crippen molar-refractivity contribution in [3.63, 3.8) is 0 Å². The van der Waals surface area contributed by atoms with Crippen molar-refractivity contribution in [2.75, 3.05) is 11.9 Å². The monoisotopic (exact) mass is 298 g/mol. The fourth-order valence-electron chi connectivity index (χ4n) is 1.58. The molecular weight excluding hydrogens is 280 g/mol. The second kappa shape index (κ2) is 6.53. The average molecular weight is 298 g/mol. The molecule has 0 fully saturated rings. The highest BCUT2D eigenvalue weighted by atomic mass is 32.2. The lowest BCUT2D eigenvalue weighted by Gasteiger charge is -2.12. The molecule has 1 aromatic carbocycles. The smallest absolute Gasteiger partial charge is 0.337 e. The van der Waals surface area contributed by atoms with E-state index in [4.69, 9.17) is 5.11 Å². The van der Waals surface area contributed by atoms with Crippen molar-refractivity contribution in [2.24, 2.45) is 0 Å². The van der Waals surface area contributed by atoms with Crippen molar-refractivity contribution < 1.29 is 18.3 Å². The maximum Gasteiger partial charge on any atom is 0.337 e. The van der Waals surface area contributed by atoms with Gasteiger partial charge in [-0.2, -0.15) is 0 Å². The molecule has 0 unspecified atom stereocenters. The molecule has 0 amide bonds. The highest BCUT2D eigenvalue weighted by molar-refractivity contribution is 7.89. The van der Waals surface area contributed by atoms with E-state index in [0.717, 1.165) is 6.07 Å². The lowest BCUT2D eigenvalue weighted by Crippen LogP contribution is -2.30. The molecule has 0 spiro atoms. The number of benzene rings is 1. The van der Waals surface area contributed by atoms with E-state index in [1.807, 2.05) is 0 Å². The fraction of sp³-hybridized carbons (Fsp3) is 0.308. The fourth-order valence-corrected chi connectivity index (χ4v) is 2.86. The number of anilines is 1. The molecule has 0 bridgehead atoms. The van der Waals surface area contributed by atoms with Gasteiger partial charge in [-0.05, 0) is 32.0 Å². The minimum Gasteiger partial charge on any atom is -0.478 e. The molecule has 0 radical (unpaired) electrons. The highest BCUT2D eigenvalue weighted by Crippen LogP contribution is 2.20. The molecule has 20 heavy (non-hydrogen) atoms. The van der Waals surface area contributed by atoms with Crippen LogP contribution in [0, 0.1) is 0 Å². The standard InChI is InChI=1S/C13H18N2O4S/c1-4-7-14-12-6-5-10(8-11(12)13(16)17)20(18,19)15-9(2)3/h4-6,8-9,14-15H,1,7H2,2-3H3,(H,16,17). The summed E-state index contributed by atoms with van der Waals surface area (Å²) in [4.78, 5) is 11.1. The van der Waals surface area contributed by atoms with E-state index >= 15 is 0 Å². The summed E-state index contributed by atoms with van der Waals surface area (Å²) in [6, 6.07) is 3.66. The van der Waals surface area contributed by atoms with Gasteiger partial charge in [0.05, 0.1) is 10.5 Å². The van der Waals surface area contributed by atoms with Gasteiger partial charge in [-0.25, -0.2) is 17.9 Å². The minimum atomic E-state index is -3.71. The Morgan fingerprint density at radius 1 is 1.45 bits per heavy atom. The van der Waals surface area contributed by atoms with Gasteiger partial charge in [0, 0.05) is 18.3 Å².